The number of nitrogens with two attached hydrogens (primary N) is 1. The second-order valence-electron chi connectivity index (χ2n) is 6.72. The van der Waals surface area contributed by atoms with Crippen LogP contribution < -0.4 is 5.73 Å². The Hall–Kier alpha value is -1.34. The van der Waals surface area contributed by atoms with Crippen LogP contribution in [0.3, 0.4) is 0 Å². The number of amides is 1. The molecule has 1 heterocycles. The van der Waals surface area contributed by atoms with Gasteiger partial charge in [0, 0.05) is 20.0 Å². The van der Waals surface area contributed by atoms with E-state index < -0.39 is 0 Å². The molecule has 0 radical (unpaired) electrons. The van der Waals surface area contributed by atoms with Crippen LogP contribution in [-0.4, -0.2) is 45.7 Å². The van der Waals surface area contributed by atoms with Crippen LogP contribution in [0.25, 0.3) is 5.69 Å². The van der Waals surface area contributed by atoms with Gasteiger partial charge in [-0.25, -0.2) is 9.67 Å². The third-order valence-electron chi connectivity index (χ3n) is 3.90. The number of carbonyl (C=O) groups is 1. The summed E-state index contributed by atoms with van der Waals surface area (Å²) in [5.74, 6) is 0.464. The van der Waals surface area contributed by atoms with Crippen molar-refractivity contribution in [3.63, 3.8) is 0 Å². The smallest absolute Gasteiger partial charge is 0.293 e. The maximum atomic E-state index is 12.7. The normalized spacial score (nSPS) is 11.2. The molecule has 2 N–H and O–H groups in total. The van der Waals surface area contributed by atoms with Gasteiger partial charge in [-0.05, 0) is 24.1 Å². The average molecular weight is 421 g/mol. The highest BCUT2D eigenvalue weighted by Gasteiger charge is 2.26. The summed E-state index contributed by atoms with van der Waals surface area (Å²) in [7, 11) is 1.72. The zero-order valence-electron chi connectivity index (χ0n) is 15.3. The minimum absolute atomic E-state index is 0. The van der Waals surface area contributed by atoms with Gasteiger partial charge in [-0.15, -0.1) is 17.5 Å². The number of hydrogen-bond donors (Lipinski definition) is 1. The summed E-state index contributed by atoms with van der Waals surface area (Å²) < 4.78 is 1.54. The van der Waals surface area contributed by atoms with E-state index in [9.17, 15) is 4.79 Å². The van der Waals surface area contributed by atoms with Crippen molar-refractivity contribution in [3.8, 4) is 5.69 Å². The minimum atomic E-state index is -0.266. The van der Waals surface area contributed by atoms with Crippen LogP contribution in [0.5, 0.6) is 0 Å². The standard InChI is InChI=1S/C17H23Cl2N5O.ClH/c1-5-13-21-15(16(25)23(4)10-17(2,3)9-20)22-24(13)14-11(18)7-6-8-12(14)19;/h6-8H,5,9-10,20H2,1-4H3;1H. The molecule has 0 bridgehead atoms. The van der Waals surface area contributed by atoms with Crippen molar-refractivity contribution < 1.29 is 4.79 Å². The van der Waals surface area contributed by atoms with E-state index in [1.807, 2.05) is 20.8 Å². The predicted molar refractivity (Wildman–Crippen MR) is 108 cm³/mol. The minimum Gasteiger partial charge on any atom is -0.338 e. The van der Waals surface area contributed by atoms with Gasteiger partial charge in [0.15, 0.2) is 0 Å². The lowest BCUT2D eigenvalue weighted by Gasteiger charge is -2.28. The molecule has 26 heavy (non-hydrogen) atoms. The topological polar surface area (TPSA) is 77.0 Å². The number of nitrogens with zero attached hydrogens (tertiary/aromatic N) is 4. The van der Waals surface area contributed by atoms with Gasteiger partial charge in [0.05, 0.1) is 10.0 Å². The van der Waals surface area contributed by atoms with Crippen LogP contribution in [-0.2, 0) is 6.42 Å². The lowest BCUT2D eigenvalue weighted by Crippen LogP contribution is -2.40. The molecular weight excluding hydrogens is 397 g/mol. The summed E-state index contributed by atoms with van der Waals surface area (Å²) in [4.78, 5) is 18.7. The van der Waals surface area contributed by atoms with Crippen LogP contribution in [0.4, 0.5) is 0 Å². The molecule has 0 saturated heterocycles. The number of aromatic nitrogens is 3. The molecule has 0 spiro atoms. The van der Waals surface area contributed by atoms with Crippen LogP contribution in [0, 0.1) is 5.41 Å². The highest BCUT2D eigenvalue weighted by atomic mass is 35.5. The fourth-order valence-corrected chi connectivity index (χ4v) is 3.04. The zero-order chi connectivity index (χ0) is 18.8. The first kappa shape index (κ1) is 22.7. The average Bonchev–Trinajstić information content (AvgIpc) is 2.97. The second-order valence-corrected chi connectivity index (χ2v) is 7.53. The summed E-state index contributed by atoms with van der Waals surface area (Å²) in [6.45, 7) is 6.92. The van der Waals surface area contributed by atoms with Crippen LogP contribution >= 0.6 is 35.6 Å². The van der Waals surface area contributed by atoms with E-state index in [1.165, 1.54) is 0 Å². The molecule has 9 heteroatoms. The number of hydrogen-bond acceptors (Lipinski definition) is 4. The Morgan fingerprint density at radius 3 is 2.38 bits per heavy atom. The number of rotatable bonds is 6. The first-order valence-electron chi connectivity index (χ1n) is 8.06. The molecule has 144 valence electrons. The SMILES string of the molecule is CCc1nc(C(=O)N(C)CC(C)(C)CN)nn1-c1c(Cl)cccc1Cl.Cl. The lowest BCUT2D eigenvalue weighted by atomic mass is 9.93. The Morgan fingerprint density at radius 2 is 1.88 bits per heavy atom. The maximum absolute atomic E-state index is 12.7. The largest absolute Gasteiger partial charge is 0.338 e. The number of benzene rings is 1. The van der Waals surface area contributed by atoms with Crippen molar-refractivity contribution in [2.24, 2.45) is 11.1 Å². The van der Waals surface area contributed by atoms with Crippen molar-refractivity contribution >= 4 is 41.5 Å². The number of carbonyl (C=O) groups excluding carboxylic acids is 1. The van der Waals surface area contributed by atoms with E-state index >= 15 is 0 Å². The van der Waals surface area contributed by atoms with E-state index in [4.69, 9.17) is 28.9 Å². The lowest BCUT2D eigenvalue weighted by molar-refractivity contribution is 0.0728. The first-order valence-corrected chi connectivity index (χ1v) is 8.81. The molecule has 0 fully saturated rings. The molecule has 2 aromatic rings. The molecule has 1 aromatic heterocycles. The second kappa shape index (κ2) is 9.04. The van der Waals surface area contributed by atoms with E-state index in [-0.39, 0.29) is 29.6 Å². The van der Waals surface area contributed by atoms with Gasteiger partial charge in [0.1, 0.15) is 11.5 Å². The van der Waals surface area contributed by atoms with Gasteiger partial charge in [-0.2, -0.15) is 0 Å². The van der Waals surface area contributed by atoms with Crippen molar-refractivity contribution in [1.82, 2.24) is 19.7 Å². The monoisotopic (exact) mass is 419 g/mol. The third kappa shape index (κ3) is 4.88. The Labute approximate surface area is 170 Å². The summed E-state index contributed by atoms with van der Waals surface area (Å²) in [6, 6.07) is 5.20. The molecule has 1 amide bonds. The summed E-state index contributed by atoms with van der Waals surface area (Å²) in [5, 5.41) is 5.26. The third-order valence-corrected chi connectivity index (χ3v) is 4.51. The fourth-order valence-electron chi connectivity index (χ4n) is 2.48. The number of halogens is 3. The van der Waals surface area contributed by atoms with Gasteiger partial charge in [0.2, 0.25) is 5.82 Å². The maximum Gasteiger partial charge on any atom is 0.293 e. The van der Waals surface area contributed by atoms with Crippen molar-refractivity contribution in [2.45, 2.75) is 27.2 Å². The first-order chi connectivity index (χ1) is 11.7. The highest BCUT2D eigenvalue weighted by Crippen LogP contribution is 2.29. The van der Waals surface area contributed by atoms with E-state index in [0.717, 1.165) is 0 Å². The van der Waals surface area contributed by atoms with E-state index in [2.05, 4.69) is 10.1 Å². The Kier molecular flexibility index (Phi) is 7.89. The summed E-state index contributed by atoms with van der Waals surface area (Å²) in [5.41, 5.74) is 6.09. The van der Waals surface area contributed by atoms with Gasteiger partial charge < -0.3 is 10.6 Å². The Bertz CT molecular complexity index is 756. The Morgan fingerprint density at radius 1 is 1.31 bits per heavy atom. The van der Waals surface area contributed by atoms with Gasteiger partial charge in [-0.3, -0.25) is 4.79 Å². The van der Waals surface area contributed by atoms with Gasteiger partial charge in [0.25, 0.3) is 5.91 Å². The van der Waals surface area contributed by atoms with E-state index in [1.54, 1.807) is 34.8 Å². The van der Waals surface area contributed by atoms with Gasteiger partial charge in [-0.1, -0.05) is 50.0 Å². The molecule has 0 unspecified atom stereocenters. The number of para-hydroxylation sites is 1. The molecule has 6 nitrogen and oxygen atoms in total. The Balaban J connectivity index is 0.00000338. The van der Waals surface area contributed by atoms with Crippen LogP contribution in [0.2, 0.25) is 10.0 Å². The predicted octanol–water partition coefficient (Wildman–Crippen LogP) is 3.62. The van der Waals surface area contributed by atoms with Gasteiger partial charge >= 0.3 is 0 Å². The molecular formula is C17H24Cl3N5O. The van der Waals surface area contributed by atoms with Crippen LogP contribution in [0.1, 0.15) is 37.2 Å². The fraction of sp³-hybridized carbons (Fsp3) is 0.471. The molecule has 0 aliphatic carbocycles. The van der Waals surface area contributed by atoms with E-state index in [0.29, 0.717) is 41.1 Å². The number of aryl methyl sites for hydroxylation is 1. The quantitative estimate of drug-likeness (QED) is 0.774. The summed E-state index contributed by atoms with van der Waals surface area (Å²) >= 11 is 12.5. The van der Waals surface area contributed by atoms with Crippen LogP contribution in [0.15, 0.2) is 18.2 Å². The van der Waals surface area contributed by atoms with Crippen molar-refractivity contribution in [3.05, 3.63) is 39.9 Å². The molecule has 0 saturated carbocycles. The molecule has 0 aliphatic heterocycles. The molecule has 2 rings (SSSR count). The van der Waals surface area contributed by atoms with Crippen molar-refractivity contribution in [1.29, 1.82) is 0 Å². The highest BCUT2D eigenvalue weighted by molar-refractivity contribution is 6.37. The summed E-state index contributed by atoms with van der Waals surface area (Å²) in [6.07, 6.45) is 0.583. The molecule has 0 atom stereocenters. The zero-order valence-corrected chi connectivity index (χ0v) is 17.6. The molecule has 0 aliphatic rings. The molecule has 1 aromatic carbocycles. The van der Waals surface area contributed by atoms with Crippen molar-refractivity contribution in [2.75, 3.05) is 20.1 Å².